The number of hydrogen-bond acceptors (Lipinski definition) is 2. The number of hydrogen-bond donors (Lipinski definition) is 0. The second-order valence-corrected chi connectivity index (χ2v) is 7.23. The zero-order valence-corrected chi connectivity index (χ0v) is 13.8. The third-order valence-electron chi connectivity index (χ3n) is 5.92. The molecule has 3 nitrogen and oxygen atoms in total. The molecule has 1 heterocycles. The highest BCUT2D eigenvalue weighted by Crippen LogP contribution is 2.51. The van der Waals surface area contributed by atoms with Crippen LogP contribution < -0.4 is 0 Å². The van der Waals surface area contributed by atoms with Crippen LogP contribution in [0.1, 0.15) is 60.0 Å². The predicted molar refractivity (Wildman–Crippen MR) is 85.9 cm³/mol. The quantitative estimate of drug-likeness (QED) is 0.792. The molecular formula is C18H26N2O. The van der Waals surface area contributed by atoms with Gasteiger partial charge >= 0.3 is 0 Å². The fraction of sp³-hybridized carbons (Fsp3) is 0.611. The number of carbonyl (C=O) groups is 1. The molecule has 1 aliphatic heterocycles. The molecule has 0 aromatic heterocycles. The molecule has 1 aromatic rings. The number of rotatable bonds is 1. The summed E-state index contributed by atoms with van der Waals surface area (Å²) in [5, 5.41) is 0. The number of likely N-dealkylation sites (N-methyl/N-ethyl adjacent to an activating group) is 1. The maximum absolute atomic E-state index is 12.2. The Morgan fingerprint density at radius 3 is 2.71 bits per heavy atom. The average molecular weight is 286 g/mol. The first-order valence-electron chi connectivity index (χ1n) is 7.91. The molecule has 2 bridgehead atoms. The smallest absolute Gasteiger partial charge is 0.253 e. The first-order valence-corrected chi connectivity index (χ1v) is 7.91. The second-order valence-electron chi connectivity index (χ2n) is 7.23. The van der Waals surface area contributed by atoms with Crippen LogP contribution in [0.15, 0.2) is 18.2 Å². The summed E-state index contributed by atoms with van der Waals surface area (Å²) < 4.78 is 0. The Balaban J connectivity index is 2.08. The van der Waals surface area contributed by atoms with Crippen LogP contribution in [0.4, 0.5) is 0 Å². The van der Waals surface area contributed by atoms with Crippen LogP contribution in [0.25, 0.3) is 0 Å². The van der Waals surface area contributed by atoms with Gasteiger partial charge in [-0.05, 0) is 68.5 Å². The standard InChI is InChI=1S/C18H26N2O/c1-12-16-10-13(17(21)19(3)4)6-7-15(16)14-8-9-20(5)18(12,2)11-14/h6-7,10,12,14H,8-9,11H2,1-5H3. The van der Waals surface area contributed by atoms with Gasteiger partial charge in [-0.1, -0.05) is 13.0 Å². The van der Waals surface area contributed by atoms with Crippen LogP contribution in [0, 0.1) is 0 Å². The second kappa shape index (κ2) is 4.84. The average Bonchev–Trinajstić information content (AvgIpc) is 2.47. The number of benzene rings is 1. The van der Waals surface area contributed by atoms with E-state index in [1.54, 1.807) is 4.90 Å². The van der Waals surface area contributed by atoms with Gasteiger partial charge in [0.2, 0.25) is 0 Å². The van der Waals surface area contributed by atoms with E-state index < -0.39 is 0 Å². The molecule has 0 saturated carbocycles. The van der Waals surface area contributed by atoms with Crippen molar-refractivity contribution in [3.63, 3.8) is 0 Å². The van der Waals surface area contributed by atoms with Crippen LogP contribution in [0.3, 0.4) is 0 Å². The molecule has 1 aromatic carbocycles. The zero-order valence-electron chi connectivity index (χ0n) is 13.8. The molecule has 3 rings (SSSR count). The SMILES string of the molecule is CC1c2cc(C(=O)N(C)C)ccc2C2CCN(C)C1(C)C2. The van der Waals surface area contributed by atoms with E-state index in [-0.39, 0.29) is 11.4 Å². The lowest BCUT2D eigenvalue weighted by atomic mass is 9.63. The van der Waals surface area contributed by atoms with Gasteiger partial charge in [0.05, 0.1) is 0 Å². The number of piperidine rings is 1. The van der Waals surface area contributed by atoms with Crippen molar-refractivity contribution in [1.29, 1.82) is 0 Å². The number of fused-ring (bicyclic) bond motifs is 4. The molecule has 0 N–H and O–H groups in total. The molecule has 3 atom stereocenters. The number of likely N-dealkylation sites (tertiary alicyclic amines) is 1. The third kappa shape index (κ3) is 2.10. The van der Waals surface area contributed by atoms with Gasteiger partial charge in [0.25, 0.3) is 5.91 Å². The monoisotopic (exact) mass is 286 g/mol. The number of nitrogens with zero attached hydrogens (tertiary/aromatic N) is 2. The lowest BCUT2D eigenvalue weighted by Crippen LogP contribution is -2.55. The summed E-state index contributed by atoms with van der Waals surface area (Å²) in [5.41, 5.74) is 3.89. The van der Waals surface area contributed by atoms with Crippen molar-refractivity contribution >= 4 is 5.91 Å². The van der Waals surface area contributed by atoms with E-state index in [0.29, 0.717) is 11.8 Å². The first kappa shape index (κ1) is 14.6. The van der Waals surface area contributed by atoms with Gasteiger partial charge in [-0.15, -0.1) is 0 Å². The van der Waals surface area contributed by atoms with E-state index in [4.69, 9.17) is 0 Å². The maximum Gasteiger partial charge on any atom is 0.253 e. The summed E-state index contributed by atoms with van der Waals surface area (Å²) in [7, 11) is 5.87. The van der Waals surface area contributed by atoms with E-state index in [2.05, 4.69) is 37.9 Å². The molecular weight excluding hydrogens is 260 g/mol. The third-order valence-corrected chi connectivity index (χ3v) is 5.92. The summed E-state index contributed by atoms with van der Waals surface area (Å²) >= 11 is 0. The Kier molecular flexibility index (Phi) is 3.36. The minimum Gasteiger partial charge on any atom is -0.345 e. The molecule has 1 saturated heterocycles. The first-order chi connectivity index (χ1) is 9.84. The van der Waals surface area contributed by atoms with Gasteiger partial charge in [0.1, 0.15) is 0 Å². The Morgan fingerprint density at radius 1 is 1.33 bits per heavy atom. The van der Waals surface area contributed by atoms with Crippen molar-refractivity contribution in [2.24, 2.45) is 0 Å². The number of amides is 1. The van der Waals surface area contributed by atoms with Gasteiger partial charge in [0.15, 0.2) is 0 Å². The largest absolute Gasteiger partial charge is 0.345 e. The van der Waals surface area contributed by atoms with Crippen molar-refractivity contribution in [3.8, 4) is 0 Å². The van der Waals surface area contributed by atoms with Crippen molar-refractivity contribution in [1.82, 2.24) is 9.80 Å². The molecule has 0 spiro atoms. The van der Waals surface area contributed by atoms with Gasteiger partial charge in [-0.3, -0.25) is 4.79 Å². The fourth-order valence-electron chi connectivity index (χ4n) is 4.18. The molecule has 1 fully saturated rings. The summed E-state index contributed by atoms with van der Waals surface area (Å²) in [4.78, 5) is 16.4. The highest BCUT2D eigenvalue weighted by Gasteiger charge is 2.46. The van der Waals surface area contributed by atoms with Crippen molar-refractivity contribution in [3.05, 3.63) is 34.9 Å². The Bertz CT molecular complexity index is 581. The zero-order chi connectivity index (χ0) is 15.4. The lowest BCUT2D eigenvalue weighted by Gasteiger charge is -2.54. The summed E-state index contributed by atoms with van der Waals surface area (Å²) in [6.07, 6.45) is 2.46. The van der Waals surface area contributed by atoms with Crippen LogP contribution in [0.5, 0.6) is 0 Å². The minimum absolute atomic E-state index is 0.0965. The van der Waals surface area contributed by atoms with Crippen LogP contribution in [-0.2, 0) is 0 Å². The summed E-state index contributed by atoms with van der Waals surface area (Å²) in [5.74, 6) is 1.21. The van der Waals surface area contributed by atoms with Crippen molar-refractivity contribution in [2.45, 2.75) is 44.1 Å². The van der Waals surface area contributed by atoms with E-state index in [1.165, 1.54) is 30.5 Å². The molecule has 3 unspecified atom stereocenters. The molecule has 1 amide bonds. The van der Waals surface area contributed by atoms with E-state index >= 15 is 0 Å². The molecule has 114 valence electrons. The van der Waals surface area contributed by atoms with Gasteiger partial charge in [0, 0.05) is 25.2 Å². The summed E-state index contributed by atoms with van der Waals surface area (Å²) in [6, 6.07) is 6.36. The van der Waals surface area contributed by atoms with Crippen LogP contribution >= 0.6 is 0 Å². The normalized spacial score (nSPS) is 31.7. The van der Waals surface area contributed by atoms with Gasteiger partial charge < -0.3 is 9.80 Å². The van der Waals surface area contributed by atoms with Gasteiger partial charge in [-0.2, -0.15) is 0 Å². The lowest BCUT2D eigenvalue weighted by molar-refractivity contribution is 0.0457. The van der Waals surface area contributed by atoms with E-state index in [0.717, 1.165) is 5.56 Å². The van der Waals surface area contributed by atoms with Crippen molar-refractivity contribution in [2.75, 3.05) is 27.7 Å². The molecule has 1 aliphatic carbocycles. The van der Waals surface area contributed by atoms with Crippen molar-refractivity contribution < 1.29 is 4.79 Å². The Labute approximate surface area is 127 Å². The highest BCUT2D eigenvalue weighted by molar-refractivity contribution is 5.94. The number of carbonyl (C=O) groups excluding carboxylic acids is 1. The molecule has 3 heteroatoms. The van der Waals surface area contributed by atoms with Crippen LogP contribution in [-0.4, -0.2) is 48.9 Å². The Hall–Kier alpha value is -1.35. The van der Waals surface area contributed by atoms with E-state index in [1.807, 2.05) is 20.2 Å². The topological polar surface area (TPSA) is 23.6 Å². The van der Waals surface area contributed by atoms with E-state index in [9.17, 15) is 4.79 Å². The highest BCUT2D eigenvalue weighted by atomic mass is 16.2. The van der Waals surface area contributed by atoms with Crippen LogP contribution in [0.2, 0.25) is 0 Å². The molecule has 21 heavy (non-hydrogen) atoms. The molecule has 2 aliphatic rings. The predicted octanol–water partition coefficient (Wildman–Crippen LogP) is 3.07. The Morgan fingerprint density at radius 2 is 2.05 bits per heavy atom. The van der Waals surface area contributed by atoms with Gasteiger partial charge in [-0.25, -0.2) is 0 Å². The summed E-state index contributed by atoms with van der Waals surface area (Å²) in [6.45, 7) is 5.87. The minimum atomic E-state index is 0.0965. The fourth-order valence-corrected chi connectivity index (χ4v) is 4.18. The molecule has 0 radical (unpaired) electrons. The maximum atomic E-state index is 12.2.